The predicted octanol–water partition coefficient (Wildman–Crippen LogP) is 3.30. The molecule has 0 bridgehead atoms. The zero-order valence-corrected chi connectivity index (χ0v) is 14.5. The van der Waals surface area contributed by atoms with Crippen molar-refractivity contribution in [1.29, 1.82) is 0 Å². The number of hydrogen-bond acceptors (Lipinski definition) is 4. The van der Waals surface area contributed by atoms with Crippen molar-refractivity contribution in [1.82, 2.24) is 0 Å². The highest BCUT2D eigenvalue weighted by atomic mass is 16.5. The predicted molar refractivity (Wildman–Crippen MR) is 94.3 cm³/mol. The maximum Gasteiger partial charge on any atom is 0.306 e. The Morgan fingerprint density at radius 2 is 2.12 bits per heavy atom. The average Bonchev–Trinajstić information content (AvgIpc) is 3.34. The van der Waals surface area contributed by atoms with E-state index in [0.717, 1.165) is 32.1 Å². The third-order valence-electron chi connectivity index (χ3n) is 4.69. The number of ether oxygens (including phenoxy) is 1. The van der Waals surface area contributed by atoms with Gasteiger partial charge in [-0.2, -0.15) is 0 Å². The lowest BCUT2D eigenvalue weighted by Crippen LogP contribution is -2.22. The second-order valence-electron chi connectivity index (χ2n) is 6.75. The van der Waals surface area contributed by atoms with Gasteiger partial charge in [0.15, 0.2) is 0 Å². The number of carbonyl (C=O) groups is 1. The summed E-state index contributed by atoms with van der Waals surface area (Å²) >= 11 is 0. The Balaban J connectivity index is 1.81. The first-order chi connectivity index (χ1) is 11.6. The molecule has 2 N–H and O–H groups in total. The van der Waals surface area contributed by atoms with Crippen LogP contribution in [0, 0.1) is 11.8 Å². The van der Waals surface area contributed by atoms with Crippen LogP contribution in [0.25, 0.3) is 0 Å². The van der Waals surface area contributed by atoms with Gasteiger partial charge in [0.25, 0.3) is 0 Å². The minimum atomic E-state index is -0.588. The molecule has 0 aromatic carbocycles. The molecule has 0 saturated heterocycles. The van der Waals surface area contributed by atoms with Gasteiger partial charge in [-0.1, -0.05) is 43.4 Å². The van der Waals surface area contributed by atoms with Gasteiger partial charge in [-0.15, -0.1) is 0 Å². The highest BCUT2D eigenvalue weighted by Gasteiger charge is 2.47. The number of carbonyl (C=O) groups excluding carboxylic acids is 1. The highest BCUT2D eigenvalue weighted by molar-refractivity contribution is 5.69. The molecule has 4 nitrogen and oxygen atoms in total. The summed E-state index contributed by atoms with van der Waals surface area (Å²) in [5, 5.41) is 20.1. The van der Waals surface area contributed by atoms with Crippen molar-refractivity contribution in [2.24, 2.45) is 11.8 Å². The van der Waals surface area contributed by atoms with Gasteiger partial charge in [0.1, 0.15) is 6.10 Å². The molecule has 1 aliphatic heterocycles. The van der Waals surface area contributed by atoms with E-state index in [1.54, 1.807) is 12.2 Å². The summed E-state index contributed by atoms with van der Waals surface area (Å²) in [6, 6.07) is 0. The Hall–Kier alpha value is -1.39. The summed E-state index contributed by atoms with van der Waals surface area (Å²) in [4.78, 5) is 11.8. The van der Waals surface area contributed by atoms with E-state index < -0.39 is 12.2 Å². The molecular formula is C20H30O4. The summed E-state index contributed by atoms with van der Waals surface area (Å²) in [5.41, 5.74) is 0. The largest absolute Gasteiger partial charge is 0.462 e. The van der Waals surface area contributed by atoms with Crippen LogP contribution in [0.4, 0.5) is 0 Å². The van der Waals surface area contributed by atoms with E-state index in [2.05, 4.69) is 19.1 Å². The summed E-state index contributed by atoms with van der Waals surface area (Å²) in [6.07, 6.45) is 15.6. The average molecular weight is 334 g/mol. The quantitative estimate of drug-likeness (QED) is 0.554. The smallest absolute Gasteiger partial charge is 0.306 e. The van der Waals surface area contributed by atoms with Gasteiger partial charge in [0.2, 0.25) is 0 Å². The topological polar surface area (TPSA) is 66.8 Å². The van der Waals surface area contributed by atoms with Gasteiger partial charge in [0.05, 0.1) is 12.2 Å². The highest BCUT2D eigenvalue weighted by Crippen LogP contribution is 2.46. The molecule has 5 atom stereocenters. The van der Waals surface area contributed by atoms with E-state index in [1.807, 2.05) is 12.2 Å². The molecule has 134 valence electrons. The number of aliphatic hydroxyl groups is 2. The standard InChI is InChI=1S/C20H30O4/c1-2-3-6-9-15(21)12-13-18(22)16-14-17(16)19-10-7-4-5-8-11-20(23)24-19/h3-4,6-7,12-13,15-19,21-22H,2,5,8-11,14H2,1H3/b6-3-,7-4-,13-12+/t15-,16-,17-,18-,19+/m0/s1. The van der Waals surface area contributed by atoms with E-state index in [4.69, 9.17) is 4.74 Å². The lowest BCUT2D eigenvalue weighted by Gasteiger charge is -2.17. The number of hydrogen-bond donors (Lipinski definition) is 2. The minimum absolute atomic E-state index is 0.117. The first kappa shape index (κ1) is 18.9. The lowest BCUT2D eigenvalue weighted by molar-refractivity contribution is -0.150. The van der Waals surface area contributed by atoms with Crippen LogP contribution in [0.15, 0.2) is 36.5 Å². The summed E-state index contributed by atoms with van der Waals surface area (Å²) < 4.78 is 5.58. The monoisotopic (exact) mass is 334 g/mol. The van der Waals surface area contributed by atoms with E-state index in [1.165, 1.54) is 0 Å². The molecule has 1 saturated carbocycles. The van der Waals surface area contributed by atoms with Crippen LogP contribution in [0.1, 0.15) is 51.9 Å². The molecule has 2 rings (SSSR count). The second kappa shape index (κ2) is 9.80. The zero-order valence-electron chi connectivity index (χ0n) is 14.5. The van der Waals surface area contributed by atoms with Gasteiger partial charge in [-0.25, -0.2) is 0 Å². The molecule has 4 heteroatoms. The van der Waals surface area contributed by atoms with Gasteiger partial charge in [-0.3, -0.25) is 4.79 Å². The lowest BCUT2D eigenvalue weighted by atomic mass is 10.1. The fourth-order valence-corrected chi connectivity index (χ4v) is 3.17. The summed E-state index contributed by atoms with van der Waals surface area (Å²) in [7, 11) is 0. The Labute approximate surface area is 144 Å². The fourth-order valence-electron chi connectivity index (χ4n) is 3.17. The van der Waals surface area contributed by atoms with Crippen molar-refractivity contribution in [2.45, 2.75) is 70.2 Å². The molecule has 0 unspecified atom stereocenters. The van der Waals surface area contributed by atoms with Gasteiger partial charge < -0.3 is 14.9 Å². The number of rotatable bonds is 7. The molecule has 0 aromatic heterocycles. The van der Waals surface area contributed by atoms with Crippen molar-refractivity contribution in [3.05, 3.63) is 36.5 Å². The van der Waals surface area contributed by atoms with E-state index in [9.17, 15) is 15.0 Å². The minimum Gasteiger partial charge on any atom is -0.462 e. The van der Waals surface area contributed by atoms with Crippen LogP contribution in [0.3, 0.4) is 0 Å². The number of aliphatic hydroxyl groups excluding tert-OH is 2. The molecule has 1 aliphatic carbocycles. The van der Waals surface area contributed by atoms with Crippen molar-refractivity contribution < 1.29 is 19.7 Å². The maximum absolute atomic E-state index is 11.8. The van der Waals surface area contributed by atoms with Crippen LogP contribution < -0.4 is 0 Å². The second-order valence-corrected chi connectivity index (χ2v) is 6.75. The van der Waals surface area contributed by atoms with Crippen molar-refractivity contribution in [3.8, 4) is 0 Å². The van der Waals surface area contributed by atoms with Crippen LogP contribution >= 0.6 is 0 Å². The molecule has 2 aliphatic rings. The Morgan fingerprint density at radius 1 is 1.29 bits per heavy atom. The van der Waals surface area contributed by atoms with Gasteiger partial charge in [0, 0.05) is 18.8 Å². The van der Waals surface area contributed by atoms with Crippen LogP contribution in [-0.4, -0.2) is 34.5 Å². The molecule has 0 radical (unpaired) electrons. The van der Waals surface area contributed by atoms with Crippen LogP contribution in [0.5, 0.6) is 0 Å². The molecule has 1 heterocycles. The van der Waals surface area contributed by atoms with E-state index in [-0.39, 0.29) is 23.9 Å². The molecule has 0 aromatic rings. The Kier molecular flexibility index (Phi) is 7.73. The summed E-state index contributed by atoms with van der Waals surface area (Å²) in [5.74, 6) is 0.206. The maximum atomic E-state index is 11.8. The van der Waals surface area contributed by atoms with Crippen LogP contribution in [-0.2, 0) is 9.53 Å². The van der Waals surface area contributed by atoms with E-state index >= 15 is 0 Å². The molecule has 0 amide bonds. The molecule has 0 spiro atoms. The zero-order chi connectivity index (χ0) is 17.4. The number of cyclic esters (lactones) is 1. The van der Waals surface area contributed by atoms with Crippen molar-refractivity contribution in [3.63, 3.8) is 0 Å². The normalized spacial score (nSPS) is 32.0. The first-order valence-corrected chi connectivity index (χ1v) is 9.15. The molecule has 1 fully saturated rings. The van der Waals surface area contributed by atoms with Crippen LogP contribution in [0.2, 0.25) is 0 Å². The molecule has 24 heavy (non-hydrogen) atoms. The molecular weight excluding hydrogens is 304 g/mol. The third kappa shape index (κ3) is 6.25. The fraction of sp³-hybridized carbons (Fsp3) is 0.650. The van der Waals surface area contributed by atoms with Gasteiger partial charge >= 0.3 is 5.97 Å². The Bertz CT molecular complexity index is 480. The summed E-state index contributed by atoms with van der Waals surface area (Å²) in [6.45, 7) is 2.05. The van der Waals surface area contributed by atoms with Gasteiger partial charge in [-0.05, 0) is 38.0 Å². The Morgan fingerprint density at radius 3 is 2.92 bits per heavy atom. The first-order valence-electron chi connectivity index (χ1n) is 9.15. The van der Waals surface area contributed by atoms with Crippen molar-refractivity contribution >= 4 is 5.97 Å². The third-order valence-corrected chi connectivity index (χ3v) is 4.69. The SMILES string of the molecule is CC/C=C\C[C@H](O)/C=C/[C@H](O)[C@H]1C[C@@H]1[C@H]1C/C=C\CCCC(=O)O1. The number of esters is 1. The van der Waals surface area contributed by atoms with Crippen molar-refractivity contribution in [2.75, 3.05) is 0 Å². The number of allylic oxidation sites excluding steroid dienone is 2. The van der Waals surface area contributed by atoms with E-state index in [0.29, 0.717) is 12.8 Å².